The quantitative estimate of drug-likeness (QED) is 0.0691. The van der Waals surface area contributed by atoms with Crippen LogP contribution in [-0.2, 0) is 95.9 Å². The van der Waals surface area contributed by atoms with Crippen LogP contribution in [0.5, 0.6) is 0 Å². The number of rotatable bonds is 19. The molecule has 2 aliphatic rings. The molecule has 1 aliphatic heterocycles. The molecule has 0 unspecified atom stereocenters. The first kappa shape index (κ1) is 100. The highest BCUT2D eigenvalue weighted by atomic mass is 16.2. The molecular weight excluding hydrogens is 1670 g/mol. The van der Waals surface area contributed by atoms with Crippen molar-refractivity contribution in [2.75, 3.05) is 0 Å². The van der Waals surface area contributed by atoms with E-state index in [1.165, 1.54) is 89.3 Å². The lowest BCUT2D eigenvalue weighted by Gasteiger charge is -2.39. The number of fused-ring (bicyclic) bond motifs is 3. The molecular formula is C118H133N11O6. The SMILES string of the molecule is CC(C)(C)c1cccc(C(=O)Cc2ccc(-n3ccnc3)cc2)c1.CC(C)(C)c1cccc(C(=O)Cc2ccc(Cn3cncn3)cc2)c1.CC(C)(C)c1cccc(C(=O)Cc2ccc3ncccc3c2)c1.CC(C)(C)c1cccc(C(=O)Cc2cncnc2)c1.CC(C)(C)c1cccc2c1CC(=O)N(C1CCCCC1)C2.Cn1ncc2ccc(CC(=O)c3cccc(C(C)(C)C)c3)cc21. The fraction of sp³-hybridized carbons (Fsp3) is 0.331. The highest BCUT2D eigenvalue weighted by Crippen LogP contribution is 2.36. The van der Waals surface area contributed by atoms with Crippen molar-refractivity contribution in [3.8, 4) is 5.69 Å². The molecule has 0 bridgehead atoms. The van der Waals surface area contributed by atoms with E-state index < -0.39 is 0 Å². The first-order chi connectivity index (χ1) is 64.1. The Bertz CT molecular complexity index is 6540. The van der Waals surface area contributed by atoms with Crippen LogP contribution in [0.1, 0.15) is 286 Å². The third kappa shape index (κ3) is 28.7. The van der Waals surface area contributed by atoms with Gasteiger partial charge in [-0.1, -0.05) is 314 Å². The van der Waals surface area contributed by atoms with Crippen LogP contribution in [0.15, 0.2) is 299 Å². The van der Waals surface area contributed by atoms with Crippen molar-refractivity contribution in [3.63, 3.8) is 0 Å². The van der Waals surface area contributed by atoms with Gasteiger partial charge >= 0.3 is 0 Å². The number of Topliss-reactive ketones (excluding diaryl/α,β-unsaturated/α-hetero) is 5. The Morgan fingerprint density at radius 3 is 1.26 bits per heavy atom. The largest absolute Gasteiger partial charge is 0.335 e. The topological polar surface area (TPSA) is 211 Å². The summed E-state index contributed by atoms with van der Waals surface area (Å²) >= 11 is 0. The summed E-state index contributed by atoms with van der Waals surface area (Å²) in [7, 11) is 1.92. The van der Waals surface area contributed by atoms with E-state index in [1.54, 1.807) is 42.1 Å². The normalized spacial score (nSPS) is 12.9. The maximum atomic E-state index is 12.7. The van der Waals surface area contributed by atoms with E-state index in [0.29, 0.717) is 57.0 Å². The molecule has 17 rings (SSSR count). The van der Waals surface area contributed by atoms with Crippen LogP contribution in [0.25, 0.3) is 27.5 Å². The Labute approximate surface area is 798 Å². The molecule has 1 fully saturated rings. The first-order valence-electron chi connectivity index (χ1n) is 47.1. The summed E-state index contributed by atoms with van der Waals surface area (Å²) in [4.78, 5) is 97.7. The molecule has 10 aromatic carbocycles. The number of ketones is 5. The summed E-state index contributed by atoms with van der Waals surface area (Å²) in [5.74, 6) is 1.04. The maximum Gasteiger partial charge on any atom is 0.227 e. The van der Waals surface area contributed by atoms with Crippen LogP contribution in [0.2, 0.25) is 0 Å². The number of carbonyl (C=O) groups is 6. The molecule has 15 aromatic rings. The second kappa shape index (κ2) is 44.5. The highest BCUT2D eigenvalue weighted by Gasteiger charge is 2.33. The lowest BCUT2D eigenvalue weighted by molar-refractivity contribution is -0.135. The van der Waals surface area contributed by atoms with Gasteiger partial charge in [-0.2, -0.15) is 10.2 Å². The van der Waals surface area contributed by atoms with E-state index in [1.807, 2.05) is 217 Å². The second-order valence-electron chi connectivity index (χ2n) is 41.8. The molecule has 0 N–H and O–H groups in total. The van der Waals surface area contributed by atoms with Gasteiger partial charge < -0.3 is 9.47 Å². The van der Waals surface area contributed by atoms with E-state index in [0.717, 1.165) is 95.2 Å². The van der Waals surface area contributed by atoms with Crippen molar-refractivity contribution >= 4 is 56.6 Å². The fourth-order valence-electron chi connectivity index (χ4n) is 16.6. The van der Waals surface area contributed by atoms with Gasteiger partial charge in [-0.25, -0.2) is 24.6 Å². The second-order valence-corrected chi connectivity index (χ2v) is 41.8. The van der Waals surface area contributed by atoms with Crippen molar-refractivity contribution in [2.24, 2.45) is 7.05 Å². The van der Waals surface area contributed by atoms with Crippen molar-refractivity contribution in [1.29, 1.82) is 0 Å². The average Bonchev–Trinajstić information content (AvgIpc) is 1.72. The third-order valence-corrected chi connectivity index (χ3v) is 24.8. The lowest BCUT2D eigenvalue weighted by atomic mass is 9.79. The van der Waals surface area contributed by atoms with Crippen LogP contribution in [0.4, 0.5) is 0 Å². The molecule has 17 nitrogen and oxygen atoms in total. The minimum atomic E-state index is 0.0410. The minimum absolute atomic E-state index is 0.0410. The van der Waals surface area contributed by atoms with Gasteiger partial charge in [0.2, 0.25) is 5.91 Å². The molecule has 696 valence electrons. The number of hydrogen-bond acceptors (Lipinski definition) is 13. The summed E-state index contributed by atoms with van der Waals surface area (Å²) < 4.78 is 5.56. The van der Waals surface area contributed by atoms with Crippen LogP contribution in [-0.4, -0.2) is 94.8 Å². The van der Waals surface area contributed by atoms with E-state index >= 15 is 0 Å². The monoisotopic (exact) mass is 1800 g/mol. The smallest absolute Gasteiger partial charge is 0.227 e. The van der Waals surface area contributed by atoms with Crippen molar-refractivity contribution in [2.45, 2.75) is 247 Å². The molecule has 0 radical (unpaired) electrons. The zero-order valence-electron chi connectivity index (χ0n) is 82.4. The van der Waals surface area contributed by atoms with Gasteiger partial charge in [0, 0.05) is 127 Å². The van der Waals surface area contributed by atoms with Gasteiger partial charge in [0.05, 0.1) is 36.5 Å². The predicted molar refractivity (Wildman–Crippen MR) is 546 cm³/mol. The van der Waals surface area contributed by atoms with Crippen molar-refractivity contribution in [1.82, 2.24) is 53.9 Å². The number of pyridine rings is 1. The van der Waals surface area contributed by atoms with E-state index in [9.17, 15) is 28.8 Å². The molecule has 135 heavy (non-hydrogen) atoms. The Balaban J connectivity index is 0.000000146. The van der Waals surface area contributed by atoms with Gasteiger partial charge in [-0.15, -0.1) is 0 Å². The van der Waals surface area contributed by atoms with E-state index in [4.69, 9.17) is 0 Å². The number of benzene rings is 10. The summed E-state index contributed by atoms with van der Waals surface area (Å²) in [6, 6.07) is 78.9. The van der Waals surface area contributed by atoms with E-state index in [2.05, 4.69) is 213 Å². The zero-order chi connectivity index (χ0) is 97.0. The Kier molecular flexibility index (Phi) is 33.0. The van der Waals surface area contributed by atoms with Crippen LogP contribution >= 0.6 is 0 Å². The van der Waals surface area contributed by atoms with Crippen molar-refractivity contribution in [3.05, 3.63) is 405 Å². The summed E-state index contributed by atoms with van der Waals surface area (Å²) in [6.45, 7) is 40.5. The van der Waals surface area contributed by atoms with Gasteiger partial charge in [0.25, 0.3) is 0 Å². The predicted octanol–water partition coefficient (Wildman–Crippen LogP) is 25.3. The molecule has 0 atom stereocenters. The molecule has 6 heterocycles. The van der Waals surface area contributed by atoms with Gasteiger partial charge in [-0.05, 0) is 190 Å². The molecule has 1 amide bonds. The number of imidazole rings is 1. The van der Waals surface area contributed by atoms with Crippen LogP contribution in [0.3, 0.4) is 0 Å². The van der Waals surface area contributed by atoms with Crippen LogP contribution in [0, 0.1) is 0 Å². The lowest BCUT2D eigenvalue weighted by Crippen LogP contribution is -2.44. The maximum absolute atomic E-state index is 12.7. The standard InChI is InChI=1S/C21H23N3O.C21H22N2O.C21H21NO.C20H22N2O.C19H27NO.C16H18N2O/c1-21(2,3)19-6-4-5-18(12-19)20(25)11-16-7-9-17(10-8-16)13-24-15-22-14-23-24;1-21(2,3)18-6-4-5-17(14-18)20(24)13-16-7-9-19(10-8-16)23-12-11-22-15-23;1-21(2,3)18-8-4-6-17(14-18)20(23)13-15-9-10-19-16(12-15)7-5-11-22-19;1-20(2,3)17-7-5-6-15(12-17)19(23)11-14-8-9-16-13-21-22(4)18(16)10-14;1-19(2,3)17-11-7-8-14-13-20(18(21)12-16(14)17)15-9-5-4-6-10-15;1-16(2,3)14-6-4-5-13(8-14)15(19)7-12-9-17-11-18-10-12/h4-10,12,14-15H,11,13H2,1-3H3;4-12,14-15H,13H2,1-3H3;4-12,14H,13H2,1-3H3;5-10,12-13H,11H2,1-4H3;7-8,11,15H,4-6,9-10,12-13H2,1-3H3;4-6,8-11H,7H2,1-3H3. The third-order valence-electron chi connectivity index (χ3n) is 24.8. The van der Waals surface area contributed by atoms with Gasteiger partial charge in [0.15, 0.2) is 28.9 Å². The summed E-state index contributed by atoms with van der Waals surface area (Å²) in [5, 5.41) is 10.5. The van der Waals surface area contributed by atoms with Gasteiger partial charge in [0.1, 0.15) is 19.0 Å². The fourth-order valence-corrected chi connectivity index (χ4v) is 16.6. The molecule has 1 saturated carbocycles. The average molecular weight is 1800 g/mol. The number of aryl methyl sites for hydroxylation is 1. The molecule has 0 spiro atoms. The minimum Gasteiger partial charge on any atom is -0.335 e. The number of amides is 1. The Morgan fingerprint density at radius 1 is 0.370 bits per heavy atom. The number of nitrogens with zero attached hydrogens (tertiary/aromatic N) is 11. The summed E-state index contributed by atoms with van der Waals surface area (Å²) in [6.07, 6.45) is 26.0. The molecule has 1 aliphatic carbocycles. The zero-order valence-corrected chi connectivity index (χ0v) is 82.4. The number of carbonyl (C=O) groups excluding carboxylic acids is 6. The van der Waals surface area contributed by atoms with Gasteiger partial charge in [-0.3, -0.25) is 38.4 Å². The summed E-state index contributed by atoms with van der Waals surface area (Å²) in [5.41, 5.74) is 23.2. The number of hydrogen-bond donors (Lipinski definition) is 0. The Morgan fingerprint density at radius 2 is 0.807 bits per heavy atom. The van der Waals surface area contributed by atoms with Crippen LogP contribution < -0.4 is 0 Å². The first-order valence-corrected chi connectivity index (χ1v) is 47.1. The van der Waals surface area contributed by atoms with Crippen molar-refractivity contribution < 1.29 is 28.8 Å². The highest BCUT2D eigenvalue weighted by molar-refractivity contribution is 6.01. The Hall–Kier alpha value is -13.7. The molecule has 5 aromatic heterocycles. The number of aromatic nitrogens is 10. The molecule has 0 saturated heterocycles. The van der Waals surface area contributed by atoms with E-state index in [-0.39, 0.29) is 61.4 Å². The molecule has 17 heteroatoms.